The van der Waals surface area contributed by atoms with E-state index in [2.05, 4.69) is 10.4 Å². The van der Waals surface area contributed by atoms with Crippen LogP contribution >= 0.6 is 0 Å². The summed E-state index contributed by atoms with van der Waals surface area (Å²) in [5.74, 6) is -0.781. The quantitative estimate of drug-likeness (QED) is 0.573. The van der Waals surface area contributed by atoms with Gasteiger partial charge in [0.1, 0.15) is 11.9 Å². The maximum atomic E-state index is 13.1. The standard InChI is InChI=1S/C21H21FN4O4S/c1-14(21(28)24-13-12-15-2-8-18(9-3-15)31(23,29)30)26-20(27)11-10-19(25-26)16-4-6-17(22)7-5-16/h2-11,14H,12-13H2,1H3,(H,24,28)(H2,23,29,30)/t14-/m0/s1. The van der Waals surface area contributed by atoms with Crippen LogP contribution in [0.3, 0.4) is 0 Å². The van der Waals surface area contributed by atoms with Crippen molar-refractivity contribution in [2.45, 2.75) is 24.3 Å². The zero-order valence-electron chi connectivity index (χ0n) is 16.7. The zero-order valence-corrected chi connectivity index (χ0v) is 17.5. The van der Waals surface area contributed by atoms with Crippen molar-refractivity contribution in [3.05, 3.63) is 82.4 Å². The van der Waals surface area contributed by atoms with Crippen molar-refractivity contribution >= 4 is 15.9 Å². The number of nitrogens with one attached hydrogen (secondary N) is 1. The molecule has 0 aliphatic heterocycles. The summed E-state index contributed by atoms with van der Waals surface area (Å²) < 4.78 is 36.8. The van der Waals surface area contributed by atoms with Gasteiger partial charge in [0.05, 0.1) is 10.6 Å². The minimum Gasteiger partial charge on any atom is -0.354 e. The van der Waals surface area contributed by atoms with Gasteiger partial charge >= 0.3 is 0 Å². The molecule has 0 aliphatic rings. The largest absolute Gasteiger partial charge is 0.354 e. The molecule has 0 saturated carbocycles. The van der Waals surface area contributed by atoms with E-state index in [0.717, 1.165) is 10.2 Å². The molecule has 3 rings (SSSR count). The number of hydrogen-bond donors (Lipinski definition) is 2. The SMILES string of the molecule is C[C@@H](C(=O)NCCc1ccc(S(N)(=O)=O)cc1)n1nc(-c2ccc(F)cc2)ccc1=O. The van der Waals surface area contributed by atoms with Crippen molar-refractivity contribution in [3.63, 3.8) is 0 Å². The number of nitrogens with zero attached hydrogens (tertiary/aromatic N) is 2. The number of carbonyl (C=O) groups is 1. The van der Waals surface area contributed by atoms with Crippen molar-refractivity contribution in [1.29, 1.82) is 0 Å². The van der Waals surface area contributed by atoms with Gasteiger partial charge in [0.2, 0.25) is 15.9 Å². The fourth-order valence-electron chi connectivity index (χ4n) is 2.91. The molecule has 3 aromatic rings. The highest BCUT2D eigenvalue weighted by Gasteiger charge is 2.18. The van der Waals surface area contributed by atoms with Gasteiger partial charge < -0.3 is 5.32 Å². The highest BCUT2D eigenvalue weighted by atomic mass is 32.2. The Morgan fingerprint density at radius 3 is 2.35 bits per heavy atom. The molecule has 0 radical (unpaired) electrons. The number of rotatable bonds is 7. The van der Waals surface area contributed by atoms with Crippen LogP contribution < -0.4 is 16.0 Å². The number of aromatic nitrogens is 2. The normalized spacial score (nSPS) is 12.4. The molecule has 0 spiro atoms. The van der Waals surface area contributed by atoms with Crippen molar-refractivity contribution in [2.24, 2.45) is 5.14 Å². The van der Waals surface area contributed by atoms with Crippen molar-refractivity contribution < 1.29 is 17.6 Å². The third-order valence-corrected chi connectivity index (χ3v) is 5.61. The van der Waals surface area contributed by atoms with Gasteiger partial charge in [-0.3, -0.25) is 9.59 Å². The summed E-state index contributed by atoms with van der Waals surface area (Å²) in [4.78, 5) is 24.7. The van der Waals surface area contributed by atoms with E-state index in [1.54, 1.807) is 31.2 Å². The lowest BCUT2D eigenvalue weighted by Gasteiger charge is -2.15. The Morgan fingerprint density at radius 2 is 1.74 bits per heavy atom. The second-order valence-corrected chi connectivity index (χ2v) is 8.48. The molecule has 31 heavy (non-hydrogen) atoms. The lowest BCUT2D eigenvalue weighted by molar-refractivity contribution is -0.124. The lowest BCUT2D eigenvalue weighted by atomic mass is 10.1. The van der Waals surface area contributed by atoms with Gasteiger partial charge in [0, 0.05) is 18.2 Å². The topological polar surface area (TPSA) is 124 Å². The van der Waals surface area contributed by atoms with Crippen molar-refractivity contribution in [1.82, 2.24) is 15.1 Å². The minimum absolute atomic E-state index is 0.0143. The summed E-state index contributed by atoms with van der Waals surface area (Å²) in [6.07, 6.45) is 0.460. The molecule has 8 nitrogen and oxygen atoms in total. The molecule has 0 aliphatic carbocycles. The Kier molecular flexibility index (Phi) is 6.62. The van der Waals surface area contributed by atoms with Gasteiger partial charge in [0.15, 0.2) is 0 Å². The molecule has 0 bridgehead atoms. The van der Waals surface area contributed by atoms with E-state index in [9.17, 15) is 22.4 Å². The highest BCUT2D eigenvalue weighted by Crippen LogP contribution is 2.16. The molecule has 1 atom stereocenters. The maximum Gasteiger partial charge on any atom is 0.267 e. The molecule has 0 saturated heterocycles. The average Bonchev–Trinajstić information content (AvgIpc) is 2.74. The minimum atomic E-state index is -3.75. The smallest absolute Gasteiger partial charge is 0.267 e. The number of carbonyl (C=O) groups excluding carboxylic acids is 1. The van der Waals surface area contributed by atoms with Crippen LogP contribution in [0, 0.1) is 5.82 Å². The molecule has 162 valence electrons. The molecular weight excluding hydrogens is 423 g/mol. The molecule has 3 N–H and O–H groups in total. The average molecular weight is 444 g/mol. The van der Waals surface area contributed by atoms with E-state index in [1.807, 2.05) is 0 Å². The summed E-state index contributed by atoms with van der Waals surface area (Å²) in [6.45, 7) is 1.84. The third-order valence-electron chi connectivity index (χ3n) is 4.68. The van der Waals surface area contributed by atoms with Gasteiger partial charge in [0.25, 0.3) is 5.56 Å². The first kappa shape index (κ1) is 22.3. The summed E-state index contributed by atoms with van der Waals surface area (Å²) in [5.41, 5.74) is 1.43. The van der Waals surface area contributed by atoms with E-state index in [4.69, 9.17) is 5.14 Å². The first-order valence-corrected chi connectivity index (χ1v) is 10.9. The Balaban J connectivity index is 1.65. The number of nitrogens with two attached hydrogens (primary N) is 1. The molecule has 2 aromatic carbocycles. The monoisotopic (exact) mass is 444 g/mol. The van der Waals surface area contributed by atoms with Crippen molar-refractivity contribution in [2.75, 3.05) is 6.54 Å². The van der Waals surface area contributed by atoms with E-state index >= 15 is 0 Å². The van der Waals surface area contributed by atoms with Gasteiger partial charge in [-0.05, 0) is 61.4 Å². The van der Waals surface area contributed by atoms with Gasteiger partial charge in [-0.15, -0.1) is 0 Å². The first-order valence-electron chi connectivity index (χ1n) is 9.40. The predicted octanol–water partition coefficient (Wildman–Crippen LogP) is 1.62. The number of sulfonamides is 1. The van der Waals surface area contributed by atoms with Crippen molar-refractivity contribution in [3.8, 4) is 11.3 Å². The van der Waals surface area contributed by atoms with Crippen LogP contribution in [0.4, 0.5) is 4.39 Å². The van der Waals surface area contributed by atoms with E-state index in [-0.39, 0.29) is 17.3 Å². The van der Waals surface area contributed by atoms with Crippen LogP contribution in [0.15, 0.2) is 70.4 Å². The summed E-state index contributed by atoms with van der Waals surface area (Å²) in [6, 6.07) is 13.7. The van der Waals surface area contributed by atoms with Crippen LogP contribution in [0.5, 0.6) is 0 Å². The zero-order chi connectivity index (χ0) is 22.6. The summed E-state index contributed by atoms with van der Waals surface area (Å²) in [5, 5.41) is 12.0. The predicted molar refractivity (Wildman–Crippen MR) is 113 cm³/mol. The van der Waals surface area contributed by atoms with E-state index in [1.165, 1.54) is 36.4 Å². The number of hydrogen-bond acceptors (Lipinski definition) is 5. The number of primary sulfonamides is 1. The Morgan fingerprint density at radius 1 is 1.10 bits per heavy atom. The van der Waals surface area contributed by atoms with Crippen LogP contribution in [0.25, 0.3) is 11.3 Å². The van der Waals surface area contributed by atoms with Gasteiger partial charge in [-0.2, -0.15) is 5.10 Å². The highest BCUT2D eigenvalue weighted by molar-refractivity contribution is 7.89. The third kappa shape index (κ3) is 5.62. The molecule has 1 aromatic heterocycles. The van der Waals surface area contributed by atoms with Gasteiger partial charge in [-0.1, -0.05) is 12.1 Å². The second kappa shape index (κ2) is 9.19. The summed E-state index contributed by atoms with van der Waals surface area (Å²) >= 11 is 0. The molecule has 0 fully saturated rings. The number of halogens is 1. The number of benzene rings is 2. The Hall–Kier alpha value is -3.37. The molecule has 0 unspecified atom stereocenters. The summed E-state index contributed by atoms with van der Waals surface area (Å²) in [7, 11) is -3.75. The van der Waals surface area contributed by atoms with Crippen LogP contribution in [-0.2, 0) is 21.2 Å². The maximum absolute atomic E-state index is 13.1. The molecule has 10 heteroatoms. The first-order chi connectivity index (χ1) is 14.6. The number of amides is 1. The molecule has 1 heterocycles. The Labute approximate surface area is 178 Å². The molecular formula is C21H21FN4O4S. The van der Waals surface area contributed by atoms with Gasteiger partial charge in [-0.25, -0.2) is 22.6 Å². The van der Waals surface area contributed by atoms with E-state index < -0.39 is 27.5 Å². The van der Waals surface area contributed by atoms with Crippen LogP contribution in [-0.4, -0.2) is 30.7 Å². The second-order valence-electron chi connectivity index (χ2n) is 6.91. The fourth-order valence-corrected chi connectivity index (χ4v) is 3.43. The lowest BCUT2D eigenvalue weighted by Crippen LogP contribution is -2.37. The van der Waals surface area contributed by atoms with Crippen LogP contribution in [0.2, 0.25) is 0 Å². The van der Waals surface area contributed by atoms with E-state index in [0.29, 0.717) is 17.7 Å². The fraction of sp³-hybridized carbons (Fsp3) is 0.190. The van der Waals surface area contributed by atoms with Crippen LogP contribution in [0.1, 0.15) is 18.5 Å². The Bertz CT molecular complexity index is 1240. The molecule has 1 amide bonds.